The van der Waals surface area contributed by atoms with Gasteiger partial charge in [0.25, 0.3) is 0 Å². The van der Waals surface area contributed by atoms with Crippen molar-refractivity contribution in [2.24, 2.45) is 5.92 Å². The maximum atomic E-state index is 5.76. The molecule has 0 spiro atoms. The van der Waals surface area contributed by atoms with E-state index in [1.165, 1.54) is 6.42 Å². The van der Waals surface area contributed by atoms with Gasteiger partial charge in [-0.2, -0.15) is 0 Å². The van der Waals surface area contributed by atoms with Crippen molar-refractivity contribution < 1.29 is 4.74 Å². The molecule has 2 atom stereocenters. The number of aromatic nitrogens is 1. The highest BCUT2D eigenvalue weighted by atomic mass is 35.5. The van der Waals surface area contributed by atoms with Gasteiger partial charge in [0.2, 0.25) is 0 Å². The molecule has 0 aliphatic heterocycles. The number of likely N-dealkylation sites (N-methyl/N-ethyl adjacent to an activating group) is 1. The number of hydrogen-bond donors (Lipinski definition) is 0. The summed E-state index contributed by atoms with van der Waals surface area (Å²) in [6.07, 6.45) is 4.74. The quantitative estimate of drug-likeness (QED) is 0.847. The van der Waals surface area contributed by atoms with Crippen molar-refractivity contribution in [3.8, 4) is 5.75 Å². The first-order valence-electron chi connectivity index (χ1n) is 5.35. The number of ether oxygens (including phenoxy) is 1. The third-order valence-electron chi connectivity index (χ3n) is 3.43. The minimum Gasteiger partial charge on any atom is -0.490 e. The molecule has 1 aliphatic rings. The van der Waals surface area contributed by atoms with E-state index in [9.17, 15) is 0 Å². The van der Waals surface area contributed by atoms with Crippen LogP contribution in [0.5, 0.6) is 5.75 Å². The number of hydrogen-bond acceptors (Lipinski definition) is 3. The zero-order chi connectivity index (χ0) is 10.9. The molecule has 0 radical (unpaired) electrons. The van der Waals surface area contributed by atoms with Crippen molar-refractivity contribution in [1.82, 2.24) is 9.88 Å². The molecule has 17 heavy (non-hydrogen) atoms. The number of rotatable bonds is 4. The van der Waals surface area contributed by atoms with Gasteiger partial charge >= 0.3 is 0 Å². The maximum absolute atomic E-state index is 5.76. The third kappa shape index (κ3) is 3.47. The SMILES string of the molecule is C[C@H]1C[C@@]1(COc1cccnc1)N(C)C.Cl.Cl. The van der Waals surface area contributed by atoms with E-state index >= 15 is 0 Å². The van der Waals surface area contributed by atoms with Crippen LogP contribution in [0.4, 0.5) is 0 Å². The van der Waals surface area contributed by atoms with Crippen molar-refractivity contribution in [2.75, 3.05) is 20.7 Å². The highest BCUT2D eigenvalue weighted by Crippen LogP contribution is 2.47. The molecule has 98 valence electrons. The summed E-state index contributed by atoms with van der Waals surface area (Å²) in [5.41, 5.74) is 0.246. The summed E-state index contributed by atoms with van der Waals surface area (Å²) in [6.45, 7) is 3.03. The molecular weight excluding hydrogens is 259 g/mol. The van der Waals surface area contributed by atoms with E-state index in [4.69, 9.17) is 4.74 Å². The normalized spacial score (nSPS) is 25.8. The molecule has 0 unspecified atom stereocenters. The molecule has 0 aromatic carbocycles. The maximum Gasteiger partial charge on any atom is 0.137 e. The van der Waals surface area contributed by atoms with Crippen molar-refractivity contribution in [2.45, 2.75) is 18.9 Å². The fourth-order valence-electron chi connectivity index (χ4n) is 2.07. The van der Waals surface area contributed by atoms with Gasteiger partial charge in [-0.3, -0.25) is 4.98 Å². The molecule has 0 saturated heterocycles. The highest BCUT2D eigenvalue weighted by molar-refractivity contribution is 5.85. The third-order valence-corrected chi connectivity index (χ3v) is 3.43. The van der Waals surface area contributed by atoms with Gasteiger partial charge in [-0.15, -0.1) is 24.8 Å². The van der Waals surface area contributed by atoms with E-state index in [1.807, 2.05) is 12.1 Å². The summed E-state index contributed by atoms with van der Waals surface area (Å²) >= 11 is 0. The zero-order valence-corrected chi connectivity index (χ0v) is 12.1. The van der Waals surface area contributed by atoms with Crippen LogP contribution in [0.15, 0.2) is 24.5 Å². The zero-order valence-electron chi connectivity index (χ0n) is 10.4. The topological polar surface area (TPSA) is 25.4 Å². The molecule has 1 aromatic heterocycles. The molecule has 0 N–H and O–H groups in total. The molecule has 3 nitrogen and oxygen atoms in total. The van der Waals surface area contributed by atoms with Crippen LogP contribution in [0.25, 0.3) is 0 Å². The molecule has 2 rings (SSSR count). The molecule has 0 bridgehead atoms. The first-order chi connectivity index (χ1) is 7.15. The summed E-state index contributed by atoms with van der Waals surface area (Å²) in [4.78, 5) is 6.30. The summed E-state index contributed by atoms with van der Waals surface area (Å²) in [7, 11) is 4.24. The van der Waals surface area contributed by atoms with Gasteiger partial charge in [0.15, 0.2) is 0 Å². The Morgan fingerprint density at radius 1 is 1.47 bits per heavy atom. The van der Waals surface area contributed by atoms with Crippen molar-refractivity contribution >= 4 is 24.8 Å². The fourth-order valence-corrected chi connectivity index (χ4v) is 2.07. The van der Waals surface area contributed by atoms with Crippen LogP contribution < -0.4 is 4.74 Å². The Hall–Kier alpha value is -0.510. The standard InChI is InChI=1S/C12H18N2O.2ClH/c1-10-7-12(10,14(2)3)9-15-11-5-4-6-13-8-11;;/h4-6,8,10H,7,9H2,1-3H3;2*1H/t10-,12-;;/m0../s1. The molecule has 1 aromatic rings. The minimum absolute atomic E-state index is 0. The van der Waals surface area contributed by atoms with Gasteiger partial charge < -0.3 is 9.64 Å². The smallest absolute Gasteiger partial charge is 0.137 e. The molecule has 1 fully saturated rings. The van der Waals surface area contributed by atoms with Crippen molar-refractivity contribution in [3.63, 3.8) is 0 Å². The van der Waals surface area contributed by atoms with E-state index in [1.54, 1.807) is 12.4 Å². The summed E-state index contributed by atoms with van der Waals surface area (Å²) in [6, 6.07) is 3.84. The predicted molar refractivity (Wildman–Crippen MR) is 74.4 cm³/mol. The van der Waals surface area contributed by atoms with E-state index in [0.717, 1.165) is 18.3 Å². The van der Waals surface area contributed by atoms with Gasteiger partial charge in [-0.1, -0.05) is 6.92 Å². The average Bonchev–Trinajstić information content (AvgIpc) is 2.90. The van der Waals surface area contributed by atoms with Crippen LogP contribution >= 0.6 is 24.8 Å². The first-order valence-corrected chi connectivity index (χ1v) is 5.35. The van der Waals surface area contributed by atoms with Crippen LogP contribution in [0.1, 0.15) is 13.3 Å². The Bertz CT molecular complexity index is 335. The second kappa shape index (κ2) is 6.43. The van der Waals surface area contributed by atoms with Gasteiger partial charge in [0.05, 0.1) is 11.7 Å². The first kappa shape index (κ1) is 16.5. The Labute approximate surface area is 115 Å². The number of pyridine rings is 1. The molecule has 1 heterocycles. The Balaban J connectivity index is 0.00000128. The van der Waals surface area contributed by atoms with Crippen molar-refractivity contribution in [3.05, 3.63) is 24.5 Å². The number of nitrogens with zero attached hydrogens (tertiary/aromatic N) is 2. The predicted octanol–water partition coefficient (Wildman–Crippen LogP) is 2.64. The average molecular weight is 279 g/mol. The van der Waals surface area contributed by atoms with Crippen LogP contribution in [0.2, 0.25) is 0 Å². The molecule has 1 saturated carbocycles. The second-order valence-electron chi connectivity index (χ2n) is 4.58. The van der Waals surface area contributed by atoms with E-state index in [-0.39, 0.29) is 30.4 Å². The van der Waals surface area contributed by atoms with Crippen molar-refractivity contribution in [1.29, 1.82) is 0 Å². The summed E-state index contributed by atoms with van der Waals surface area (Å²) in [5, 5.41) is 0. The summed E-state index contributed by atoms with van der Waals surface area (Å²) in [5.74, 6) is 1.59. The molecular formula is C12H20Cl2N2O. The monoisotopic (exact) mass is 278 g/mol. The molecule has 1 aliphatic carbocycles. The fraction of sp³-hybridized carbons (Fsp3) is 0.583. The molecule has 5 heteroatoms. The molecule has 0 amide bonds. The summed E-state index contributed by atoms with van der Waals surface area (Å²) < 4.78 is 5.76. The Morgan fingerprint density at radius 2 is 2.12 bits per heavy atom. The lowest BCUT2D eigenvalue weighted by molar-refractivity contribution is 0.155. The Kier molecular flexibility index (Phi) is 6.24. The number of halogens is 2. The Morgan fingerprint density at radius 3 is 2.53 bits per heavy atom. The van der Waals surface area contributed by atoms with Crippen LogP contribution in [0.3, 0.4) is 0 Å². The van der Waals surface area contributed by atoms with Gasteiger partial charge in [-0.25, -0.2) is 0 Å². The van der Waals surface area contributed by atoms with Crippen LogP contribution in [-0.4, -0.2) is 36.1 Å². The van der Waals surface area contributed by atoms with Gasteiger partial charge in [-0.05, 0) is 38.6 Å². The van der Waals surface area contributed by atoms with E-state index in [0.29, 0.717) is 0 Å². The lowest BCUT2D eigenvalue weighted by Gasteiger charge is -2.25. The van der Waals surface area contributed by atoms with Crippen LogP contribution in [-0.2, 0) is 0 Å². The van der Waals surface area contributed by atoms with E-state index in [2.05, 4.69) is 30.9 Å². The van der Waals surface area contributed by atoms with Gasteiger partial charge in [0.1, 0.15) is 12.4 Å². The minimum atomic E-state index is 0. The lowest BCUT2D eigenvalue weighted by Crippen LogP contribution is -2.37. The van der Waals surface area contributed by atoms with Gasteiger partial charge in [0, 0.05) is 6.20 Å². The second-order valence-corrected chi connectivity index (χ2v) is 4.58. The lowest BCUT2D eigenvalue weighted by atomic mass is 10.2. The highest BCUT2D eigenvalue weighted by Gasteiger charge is 2.53. The largest absolute Gasteiger partial charge is 0.490 e. The van der Waals surface area contributed by atoms with Crippen LogP contribution in [0, 0.1) is 5.92 Å². The van der Waals surface area contributed by atoms with E-state index < -0.39 is 0 Å².